The maximum absolute atomic E-state index is 5.81. The van der Waals surface area contributed by atoms with E-state index in [1.807, 2.05) is 19.3 Å². The summed E-state index contributed by atoms with van der Waals surface area (Å²) in [4.78, 5) is 7.92. The van der Waals surface area contributed by atoms with Crippen LogP contribution in [0.3, 0.4) is 0 Å². The maximum Gasteiger partial charge on any atom is 0.171 e. The van der Waals surface area contributed by atoms with Gasteiger partial charge in [-0.05, 0) is 0 Å². The Kier molecular flexibility index (Phi) is 2.32. The molecule has 0 aliphatic heterocycles. The molecule has 2 rings (SSSR count). The van der Waals surface area contributed by atoms with Gasteiger partial charge < -0.3 is 5.32 Å². The van der Waals surface area contributed by atoms with Crippen molar-refractivity contribution >= 4 is 23.2 Å². The summed E-state index contributed by atoms with van der Waals surface area (Å²) in [6.07, 6.45) is 4.93. The minimum absolute atomic E-state index is 0.332. The first kappa shape index (κ1) is 8.96. The summed E-state index contributed by atoms with van der Waals surface area (Å²) in [6.45, 7) is 0. The Labute approximate surface area is 85.8 Å². The molecule has 0 bridgehead atoms. The van der Waals surface area contributed by atoms with E-state index < -0.39 is 0 Å². The Hall–Kier alpha value is -1.62. The van der Waals surface area contributed by atoms with Crippen molar-refractivity contribution in [2.45, 2.75) is 0 Å². The monoisotopic (exact) mass is 209 g/mol. The van der Waals surface area contributed by atoms with E-state index in [1.165, 1.54) is 6.20 Å². The number of nitrogens with one attached hydrogen (secondary N) is 1. The first-order chi connectivity index (χ1) is 6.75. The Balaban J connectivity index is 2.23. The standard InChI is InChI=1S/C8H8ClN5/c1-14-5-2-6(13-14)12-8-7(9)10-3-4-11-8/h2-5H,1H3,(H,11,12,13). The van der Waals surface area contributed by atoms with Crippen molar-refractivity contribution in [2.75, 3.05) is 5.32 Å². The van der Waals surface area contributed by atoms with Crippen molar-refractivity contribution in [3.8, 4) is 0 Å². The number of hydrogen-bond acceptors (Lipinski definition) is 4. The summed E-state index contributed by atoms with van der Waals surface area (Å²) in [5.74, 6) is 1.20. The molecule has 0 unspecified atom stereocenters. The van der Waals surface area contributed by atoms with E-state index >= 15 is 0 Å². The second-order valence-electron chi connectivity index (χ2n) is 2.70. The zero-order valence-electron chi connectivity index (χ0n) is 7.48. The van der Waals surface area contributed by atoms with Crippen molar-refractivity contribution in [3.05, 3.63) is 29.8 Å². The summed E-state index contributed by atoms with van der Waals surface area (Å²) in [5.41, 5.74) is 0. The molecule has 0 fully saturated rings. The molecule has 0 aliphatic rings. The van der Waals surface area contributed by atoms with Crippen LogP contribution in [0.25, 0.3) is 0 Å². The summed E-state index contributed by atoms with van der Waals surface area (Å²) < 4.78 is 1.69. The lowest BCUT2D eigenvalue weighted by atomic mass is 10.6. The van der Waals surface area contributed by atoms with E-state index in [0.29, 0.717) is 16.8 Å². The molecule has 0 aliphatic carbocycles. The molecule has 0 atom stereocenters. The zero-order chi connectivity index (χ0) is 9.97. The number of halogens is 1. The van der Waals surface area contributed by atoms with Gasteiger partial charge in [-0.2, -0.15) is 5.10 Å². The molecule has 5 nitrogen and oxygen atoms in total. The molecule has 0 saturated heterocycles. The predicted molar refractivity (Wildman–Crippen MR) is 53.5 cm³/mol. The maximum atomic E-state index is 5.81. The number of nitrogens with zero attached hydrogens (tertiary/aromatic N) is 4. The lowest BCUT2D eigenvalue weighted by Gasteiger charge is -2.01. The van der Waals surface area contributed by atoms with Crippen LogP contribution in [-0.4, -0.2) is 19.7 Å². The number of anilines is 2. The van der Waals surface area contributed by atoms with Crippen LogP contribution in [-0.2, 0) is 7.05 Å². The summed E-state index contributed by atoms with van der Waals surface area (Å²) in [7, 11) is 1.84. The van der Waals surface area contributed by atoms with Crippen LogP contribution in [0.1, 0.15) is 0 Å². The largest absolute Gasteiger partial charge is 0.321 e. The van der Waals surface area contributed by atoms with Crippen LogP contribution < -0.4 is 5.32 Å². The van der Waals surface area contributed by atoms with Gasteiger partial charge in [-0.25, -0.2) is 9.97 Å². The molecule has 0 radical (unpaired) electrons. The Bertz CT molecular complexity index is 439. The third kappa shape index (κ3) is 1.82. The van der Waals surface area contributed by atoms with Crippen LogP contribution in [0.5, 0.6) is 0 Å². The molecule has 6 heteroatoms. The number of hydrogen-bond donors (Lipinski definition) is 1. The fourth-order valence-corrected chi connectivity index (χ4v) is 1.16. The average Bonchev–Trinajstić information content (AvgIpc) is 2.56. The molecule has 2 aromatic rings. The van der Waals surface area contributed by atoms with Gasteiger partial charge in [-0.3, -0.25) is 4.68 Å². The molecule has 0 saturated carbocycles. The molecular formula is C8H8ClN5. The van der Waals surface area contributed by atoms with Crippen molar-refractivity contribution in [1.82, 2.24) is 19.7 Å². The fraction of sp³-hybridized carbons (Fsp3) is 0.125. The quantitative estimate of drug-likeness (QED) is 0.817. The topological polar surface area (TPSA) is 55.6 Å². The van der Waals surface area contributed by atoms with Crippen LogP contribution >= 0.6 is 11.6 Å². The third-order valence-electron chi connectivity index (χ3n) is 1.61. The van der Waals surface area contributed by atoms with Gasteiger partial charge in [0.05, 0.1) is 0 Å². The highest BCUT2D eigenvalue weighted by molar-refractivity contribution is 6.31. The number of rotatable bonds is 2. The highest BCUT2D eigenvalue weighted by Crippen LogP contribution is 2.18. The van der Waals surface area contributed by atoms with Crippen LogP contribution in [0, 0.1) is 0 Å². The molecule has 0 aromatic carbocycles. The van der Waals surface area contributed by atoms with Gasteiger partial charge in [-0.15, -0.1) is 0 Å². The molecule has 2 heterocycles. The Morgan fingerprint density at radius 3 is 2.79 bits per heavy atom. The summed E-state index contributed by atoms with van der Waals surface area (Å²) in [6, 6.07) is 1.82. The predicted octanol–water partition coefficient (Wildman–Crippen LogP) is 1.61. The van der Waals surface area contributed by atoms with Gasteiger partial charge in [0.15, 0.2) is 16.8 Å². The molecular weight excluding hydrogens is 202 g/mol. The highest BCUT2D eigenvalue weighted by atomic mass is 35.5. The fourth-order valence-electron chi connectivity index (χ4n) is 1.01. The van der Waals surface area contributed by atoms with Gasteiger partial charge >= 0.3 is 0 Å². The minimum atomic E-state index is 0.332. The zero-order valence-corrected chi connectivity index (χ0v) is 8.23. The van der Waals surface area contributed by atoms with Crippen molar-refractivity contribution < 1.29 is 0 Å². The molecule has 72 valence electrons. The summed E-state index contributed by atoms with van der Waals surface area (Å²) in [5, 5.41) is 7.41. The van der Waals surface area contributed by atoms with Gasteiger partial charge in [0.25, 0.3) is 0 Å². The first-order valence-electron chi connectivity index (χ1n) is 3.99. The molecule has 2 aromatic heterocycles. The van der Waals surface area contributed by atoms with E-state index in [0.717, 1.165) is 0 Å². The van der Waals surface area contributed by atoms with Gasteiger partial charge in [0.1, 0.15) is 0 Å². The van der Waals surface area contributed by atoms with Crippen molar-refractivity contribution in [3.63, 3.8) is 0 Å². The van der Waals surface area contributed by atoms with E-state index in [-0.39, 0.29) is 0 Å². The SMILES string of the molecule is Cn1ccc(Nc2nccnc2Cl)n1. The minimum Gasteiger partial charge on any atom is -0.321 e. The number of aryl methyl sites for hydroxylation is 1. The summed E-state index contributed by atoms with van der Waals surface area (Å²) >= 11 is 5.81. The second kappa shape index (κ2) is 3.63. The Morgan fingerprint density at radius 2 is 2.14 bits per heavy atom. The first-order valence-corrected chi connectivity index (χ1v) is 4.36. The van der Waals surface area contributed by atoms with Crippen molar-refractivity contribution in [2.24, 2.45) is 7.05 Å². The van der Waals surface area contributed by atoms with Gasteiger partial charge in [-0.1, -0.05) is 11.6 Å². The lowest BCUT2D eigenvalue weighted by Crippen LogP contribution is -1.97. The average molecular weight is 210 g/mol. The smallest absolute Gasteiger partial charge is 0.171 e. The number of aromatic nitrogens is 4. The normalized spacial score (nSPS) is 10.1. The molecule has 0 amide bonds. The van der Waals surface area contributed by atoms with E-state index in [2.05, 4.69) is 20.4 Å². The van der Waals surface area contributed by atoms with E-state index in [9.17, 15) is 0 Å². The van der Waals surface area contributed by atoms with E-state index in [1.54, 1.807) is 10.9 Å². The van der Waals surface area contributed by atoms with Crippen LogP contribution in [0.2, 0.25) is 5.15 Å². The lowest BCUT2D eigenvalue weighted by molar-refractivity contribution is 0.771. The van der Waals surface area contributed by atoms with E-state index in [4.69, 9.17) is 11.6 Å². The van der Waals surface area contributed by atoms with Crippen LogP contribution in [0.4, 0.5) is 11.6 Å². The molecule has 1 N–H and O–H groups in total. The molecule has 14 heavy (non-hydrogen) atoms. The van der Waals surface area contributed by atoms with Gasteiger partial charge in [0.2, 0.25) is 0 Å². The van der Waals surface area contributed by atoms with Crippen molar-refractivity contribution in [1.29, 1.82) is 0 Å². The van der Waals surface area contributed by atoms with Gasteiger partial charge in [0, 0.05) is 31.7 Å². The third-order valence-corrected chi connectivity index (χ3v) is 1.89. The second-order valence-corrected chi connectivity index (χ2v) is 3.05. The van der Waals surface area contributed by atoms with Crippen LogP contribution in [0.15, 0.2) is 24.7 Å². The highest BCUT2D eigenvalue weighted by Gasteiger charge is 2.03. The Morgan fingerprint density at radius 1 is 1.36 bits per heavy atom. The molecule has 0 spiro atoms.